The van der Waals surface area contributed by atoms with Gasteiger partial charge in [0.15, 0.2) is 0 Å². The second-order valence-corrected chi connectivity index (χ2v) is 5.10. The first kappa shape index (κ1) is 13.3. The van der Waals surface area contributed by atoms with Crippen molar-refractivity contribution in [2.75, 3.05) is 10.6 Å². The van der Waals surface area contributed by atoms with Crippen molar-refractivity contribution >= 4 is 34.5 Å². The molecule has 0 fully saturated rings. The molecule has 4 nitrogen and oxygen atoms in total. The summed E-state index contributed by atoms with van der Waals surface area (Å²) in [6.07, 6.45) is 0. The monoisotopic (exact) mass is 274 g/mol. The van der Waals surface area contributed by atoms with Crippen LogP contribution in [0.25, 0.3) is 0 Å². The van der Waals surface area contributed by atoms with Crippen LogP contribution >= 0.6 is 11.3 Å². The number of carbonyl (C=O) groups is 2. The lowest BCUT2D eigenvalue weighted by atomic mass is 10.2. The maximum atomic E-state index is 12.5. The number of anilines is 2. The number of benzene rings is 1. The summed E-state index contributed by atoms with van der Waals surface area (Å²) in [5.41, 5.74) is 7.57. The Morgan fingerprint density at radius 1 is 1.26 bits per heavy atom. The van der Waals surface area contributed by atoms with Gasteiger partial charge in [-0.2, -0.15) is 0 Å². The van der Waals surface area contributed by atoms with Gasteiger partial charge in [0.05, 0.1) is 10.6 Å². The number of amides is 2. The molecule has 19 heavy (non-hydrogen) atoms. The molecule has 1 heterocycles. The molecule has 2 aromatic rings. The number of nitrogens with zero attached hydrogens (tertiary/aromatic N) is 1. The van der Waals surface area contributed by atoms with Crippen LogP contribution in [0.15, 0.2) is 35.7 Å². The Morgan fingerprint density at radius 2 is 2.00 bits per heavy atom. The fourth-order valence-electron chi connectivity index (χ4n) is 1.80. The number of aryl methyl sites for hydroxylation is 1. The van der Waals surface area contributed by atoms with Crippen molar-refractivity contribution in [3.63, 3.8) is 0 Å². The van der Waals surface area contributed by atoms with Crippen LogP contribution in [0.4, 0.5) is 11.4 Å². The van der Waals surface area contributed by atoms with E-state index < -0.39 is 0 Å². The highest BCUT2D eigenvalue weighted by Gasteiger charge is 2.24. The fraction of sp³-hybridized carbons (Fsp3) is 0.143. The van der Waals surface area contributed by atoms with Crippen LogP contribution in [-0.4, -0.2) is 11.8 Å². The SMILES string of the molecule is CC(=O)N(C(=O)c1sccc1C)c1cccc(N)c1. The Bertz CT molecular complexity index is 634. The van der Waals surface area contributed by atoms with E-state index in [1.54, 1.807) is 24.3 Å². The second-order valence-electron chi connectivity index (χ2n) is 4.19. The predicted octanol–water partition coefficient (Wildman–Crippen LogP) is 2.83. The van der Waals surface area contributed by atoms with Crippen molar-refractivity contribution in [2.24, 2.45) is 0 Å². The average Bonchev–Trinajstić information content (AvgIpc) is 2.75. The van der Waals surface area contributed by atoms with E-state index in [9.17, 15) is 9.59 Å². The van der Waals surface area contributed by atoms with Gasteiger partial charge in [-0.3, -0.25) is 9.59 Å². The Hall–Kier alpha value is -2.14. The lowest BCUT2D eigenvalue weighted by Crippen LogP contribution is -2.35. The van der Waals surface area contributed by atoms with Gasteiger partial charge < -0.3 is 5.73 Å². The van der Waals surface area contributed by atoms with Gasteiger partial charge in [0.2, 0.25) is 5.91 Å². The molecule has 0 unspecified atom stereocenters. The minimum Gasteiger partial charge on any atom is -0.399 e. The highest BCUT2D eigenvalue weighted by molar-refractivity contribution is 7.12. The average molecular weight is 274 g/mol. The molecule has 0 aliphatic carbocycles. The van der Waals surface area contributed by atoms with Crippen LogP contribution < -0.4 is 10.6 Å². The number of rotatable bonds is 2. The number of carbonyl (C=O) groups excluding carboxylic acids is 2. The number of nitrogen functional groups attached to an aromatic ring is 1. The molecule has 0 aliphatic heterocycles. The summed E-state index contributed by atoms with van der Waals surface area (Å²) < 4.78 is 0. The molecule has 0 bridgehead atoms. The molecule has 0 spiro atoms. The number of thiophene rings is 1. The summed E-state index contributed by atoms with van der Waals surface area (Å²) in [6, 6.07) is 8.59. The first-order valence-electron chi connectivity index (χ1n) is 5.75. The molecule has 1 aromatic carbocycles. The largest absolute Gasteiger partial charge is 0.399 e. The molecule has 0 saturated heterocycles. The molecular formula is C14H14N2O2S. The summed E-state index contributed by atoms with van der Waals surface area (Å²) in [5, 5.41) is 1.83. The second kappa shape index (κ2) is 5.24. The topological polar surface area (TPSA) is 63.4 Å². The Labute approximate surface area is 115 Å². The molecule has 0 saturated carbocycles. The lowest BCUT2D eigenvalue weighted by Gasteiger charge is -2.19. The first-order chi connectivity index (χ1) is 9.00. The smallest absolute Gasteiger partial charge is 0.275 e. The minimum atomic E-state index is -0.330. The van der Waals surface area contributed by atoms with Crippen LogP contribution in [0.3, 0.4) is 0 Å². The Kier molecular flexibility index (Phi) is 3.66. The molecule has 0 aliphatic rings. The van der Waals surface area contributed by atoms with E-state index in [0.717, 1.165) is 10.5 Å². The van der Waals surface area contributed by atoms with E-state index in [2.05, 4.69) is 0 Å². The summed E-state index contributed by atoms with van der Waals surface area (Å²) >= 11 is 1.33. The summed E-state index contributed by atoms with van der Waals surface area (Å²) in [5.74, 6) is -0.644. The summed E-state index contributed by atoms with van der Waals surface area (Å²) in [4.78, 5) is 25.9. The van der Waals surface area contributed by atoms with E-state index in [1.165, 1.54) is 18.3 Å². The van der Waals surface area contributed by atoms with Crippen LogP contribution in [-0.2, 0) is 4.79 Å². The van der Waals surface area contributed by atoms with Gasteiger partial charge in [0.1, 0.15) is 0 Å². The van der Waals surface area contributed by atoms with Gasteiger partial charge in [0.25, 0.3) is 5.91 Å². The standard InChI is InChI=1S/C14H14N2O2S/c1-9-6-7-19-13(9)14(18)16(10(2)17)12-5-3-4-11(15)8-12/h3-8H,15H2,1-2H3. The molecule has 0 atom stereocenters. The van der Waals surface area contributed by atoms with Gasteiger partial charge in [-0.05, 0) is 42.1 Å². The van der Waals surface area contributed by atoms with Gasteiger partial charge in [-0.25, -0.2) is 4.90 Å². The number of nitrogens with two attached hydrogens (primary N) is 1. The van der Waals surface area contributed by atoms with Crippen LogP contribution in [0.1, 0.15) is 22.2 Å². The highest BCUT2D eigenvalue weighted by atomic mass is 32.1. The first-order valence-corrected chi connectivity index (χ1v) is 6.63. The molecule has 2 N–H and O–H groups in total. The third-order valence-electron chi connectivity index (χ3n) is 2.70. The summed E-state index contributed by atoms with van der Waals surface area (Å²) in [7, 11) is 0. The van der Waals surface area contributed by atoms with E-state index in [4.69, 9.17) is 5.73 Å². The molecule has 1 aromatic heterocycles. The normalized spacial score (nSPS) is 10.2. The van der Waals surface area contributed by atoms with Gasteiger partial charge in [-0.1, -0.05) is 6.07 Å². The van der Waals surface area contributed by atoms with Crippen molar-refractivity contribution in [1.82, 2.24) is 0 Å². The molecule has 2 rings (SSSR count). The number of hydrogen-bond donors (Lipinski definition) is 1. The Balaban J connectivity index is 2.45. The Morgan fingerprint density at radius 3 is 2.53 bits per heavy atom. The van der Waals surface area contributed by atoms with Crippen LogP contribution in [0.2, 0.25) is 0 Å². The zero-order valence-corrected chi connectivity index (χ0v) is 11.5. The molecule has 5 heteroatoms. The van der Waals surface area contributed by atoms with E-state index in [1.807, 2.05) is 18.4 Å². The maximum absolute atomic E-state index is 12.5. The molecular weight excluding hydrogens is 260 g/mol. The number of hydrogen-bond acceptors (Lipinski definition) is 4. The van der Waals surface area contributed by atoms with Gasteiger partial charge in [-0.15, -0.1) is 11.3 Å². The van der Waals surface area contributed by atoms with Crippen molar-refractivity contribution in [1.29, 1.82) is 0 Å². The third-order valence-corrected chi connectivity index (χ3v) is 3.71. The predicted molar refractivity (Wildman–Crippen MR) is 77.4 cm³/mol. The van der Waals surface area contributed by atoms with Crippen LogP contribution in [0.5, 0.6) is 0 Å². The third kappa shape index (κ3) is 2.66. The zero-order chi connectivity index (χ0) is 14.0. The lowest BCUT2D eigenvalue weighted by molar-refractivity contribution is -0.115. The minimum absolute atomic E-state index is 0.314. The molecule has 98 valence electrons. The quantitative estimate of drug-likeness (QED) is 0.856. The van der Waals surface area contributed by atoms with E-state index in [-0.39, 0.29) is 11.8 Å². The fourth-order valence-corrected chi connectivity index (χ4v) is 2.65. The molecule has 0 radical (unpaired) electrons. The van der Waals surface area contributed by atoms with Crippen molar-refractivity contribution < 1.29 is 9.59 Å². The summed E-state index contributed by atoms with van der Waals surface area (Å²) in [6.45, 7) is 3.21. The van der Waals surface area contributed by atoms with E-state index >= 15 is 0 Å². The zero-order valence-electron chi connectivity index (χ0n) is 10.7. The van der Waals surface area contributed by atoms with Gasteiger partial charge in [0, 0.05) is 12.6 Å². The van der Waals surface area contributed by atoms with E-state index in [0.29, 0.717) is 16.3 Å². The maximum Gasteiger partial charge on any atom is 0.275 e. The molecule has 2 amide bonds. The number of imide groups is 1. The van der Waals surface area contributed by atoms with Crippen molar-refractivity contribution in [3.05, 3.63) is 46.2 Å². The van der Waals surface area contributed by atoms with Crippen LogP contribution in [0, 0.1) is 6.92 Å². The van der Waals surface area contributed by atoms with Crippen molar-refractivity contribution in [3.8, 4) is 0 Å². The van der Waals surface area contributed by atoms with Gasteiger partial charge >= 0.3 is 0 Å². The highest BCUT2D eigenvalue weighted by Crippen LogP contribution is 2.24. The van der Waals surface area contributed by atoms with Crippen molar-refractivity contribution in [2.45, 2.75) is 13.8 Å².